The van der Waals surface area contributed by atoms with Crippen LogP contribution in [-0.2, 0) is 5.79 Å². The van der Waals surface area contributed by atoms with Crippen LogP contribution in [0.15, 0.2) is 42.5 Å². The fraction of sp³-hybridized carbons (Fsp3) is 0.0769. The molecule has 2 aromatic rings. The fourth-order valence-corrected chi connectivity index (χ4v) is 2.11. The van der Waals surface area contributed by atoms with Gasteiger partial charge in [0.2, 0.25) is 5.79 Å². The molecule has 3 rings (SSSR count). The Morgan fingerprint density at radius 2 is 1.67 bits per heavy atom. The molecular formula is C13H10O2. The smallest absolute Gasteiger partial charge is 0.211 e. The largest absolute Gasteiger partial charge is 0.359 e. The Bertz CT molecular complexity index is 563. The molecule has 15 heavy (non-hydrogen) atoms. The van der Waals surface area contributed by atoms with Gasteiger partial charge in [0.15, 0.2) is 0 Å². The van der Waals surface area contributed by atoms with Gasteiger partial charge in [-0.15, -0.1) is 0 Å². The third-order valence-electron chi connectivity index (χ3n) is 2.83. The second-order valence-corrected chi connectivity index (χ2v) is 3.81. The van der Waals surface area contributed by atoms with Gasteiger partial charge >= 0.3 is 0 Å². The van der Waals surface area contributed by atoms with Crippen LogP contribution < -0.4 is 0 Å². The summed E-state index contributed by atoms with van der Waals surface area (Å²) < 4.78 is 0. The molecule has 0 heterocycles. The van der Waals surface area contributed by atoms with E-state index in [1.165, 1.54) is 6.08 Å². The first-order valence-corrected chi connectivity index (χ1v) is 4.85. The third-order valence-corrected chi connectivity index (χ3v) is 2.83. The van der Waals surface area contributed by atoms with E-state index in [1.54, 1.807) is 12.1 Å². The van der Waals surface area contributed by atoms with Gasteiger partial charge in [0.05, 0.1) is 0 Å². The van der Waals surface area contributed by atoms with E-state index in [2.05, 4.69) is 0 Å². The second kappa shape index (κ2) is 2.69. The zero-order valence-corrected chi connectivity index (χ0v) is 8.01. The number of hydrogen-bond acceptors (Lipinski definition) is 2. The van der Waals surface area contributed by atoms with Gasteiger partial charge in [-0.05, 0) is 22.4 Å². The van der Waals surface area contributed by atoms with Crippen LogP contribution in [0.3, 0.4) is 0 Å². The average Bonchev–Trinajstić information content (AvgIpc) is 2.24. The maximum absolute atomic E-state index is 9.81. The Morgan fingerprint density at radius 1 is 0.933 bits per heavy atom. The summed E-state index contributed by atoms with van der Waals surface area (Å²) in [6.45, 7) is 0. The minimum Gasteiger partial charge on any atom is -0.359 e. The van der Waals surface area contributed by atoms with Gasteiger partial charge in [-0.2, -0.15) is 0 Å². The normalized spacial score (nSPS) is 16.9. The minimum absolute atomic E-state index is 0.554. The van der Waals surface area contributed by atoms with Crippen LogP contribution >= 0.6 is 0 Å². The second-order valence-electron chi connectivity index (χ2n) is 3.81. The highest BCUT2D eigenvalue weighted by Crippen LogP contribution is 2.35. The van der Waals surface area contributed by atoms with Gasteiger partial charge in [-0.1, -0.05) is 42.5 Å². The molecule has 2 aromatic carbocycles. The zero-order valence-electron chi connectivity index (χ0n) is 8.01. The molecule has 0 spiro atoms. The summed E-state index contributed by atoms with van der Waals surface area (Å²) in [5, 5.41) is 21.6. The molecule has 0 saturated heterocycles. The third kappa shape index (κ3) is 1.12. The summed E-state index contributed by atoms with van der Waals surface area (Å²) in [4.78, 5) is 0. The highest BCUT2D eigenvalue weighted by molar-refractivity contribution is 5.95. The maximum atomic E-state index is 9.81. The summed E-state index contributed by atoms with van der Waals surface area (Å²) >= 11 is 0. The van der Waals surface area contributed by atoms with E-state index in [0.717, 1.165) is 16.3 Å². The summed E-state index contributed by atoms with van der Waals surface area (Å²) in [5.41, 5.74) is 1.58. The van der Waals surface area contributed by atoms with Gasteiger partial charge in [0.1, 0.15) is 0 Å². The lowest BCUT2D eigenvalue weighted by Crippen LogP contribution is -2.24. The van der Waals surface area contributed by atoms with Crippen molar-refractivity contribution in [2.45, 2.75) is 5.79 Å². The molecule has 74 valence electrons. The van der Waals surface area contributed by atoms with E-state index < -0.39 is 5.79 Å². The Kier molecular flexibility index (Phi) is 1.55. The number of hydrogen-bond donors (Lipinski definition) is 2. The van der Waals surface area contributed by atoms with Crippen LogP contribution in [0.1, 0.15) is 11.1 Å². The van der Waals surface area contributed by atoms with E-state index in [4.69, 9.17) is 0 Å². The van der Waals surface area contributed by atoms with Crippen molar-refractivity contribution in [2.24, 2.45) is 0 Å². The molecule has 1 aliphatic rings. The first kappa shape index (κ1) is 8.65. The van der Waals surface area contributed by atoms with E-state index in [9.17, 15) is 10.2 Å². The molecule has 0 fully saturated rings. The standard InChI is InChI=1S/C13H10O2/c14-13(15)8-7-10-4-1-3-9-5-2-6-11(13)12(9)10/h1-8,14-15H. The Balaban J connectivity index is 2.52. The van der Waals surface area contributed by atoms with Crippen LogP contribution in [0.5, 0.6) is 0 Å². The Morgan fingerprint density at radius 3 is 2.47 bits per heavy atom. The van der Waals surface area contributed by atoms with Crippen molar-refractivity contribution >= 4 is 16.8 Å². The van der Waals surface area contributed by atoms with Crippen LogP contribution in [0.2, 0.25) is 0 Å². The SMILES string of the molecule is OC1(O)C=Cc2cccc3cccc1c23. The monoisotopic (exact) mass is 198 g/mol. The van der Waals surface area contributed by atoms with Crippen molar-refractivity contribution in [2.75, 3.05) is 0 Å². The number of rotatable bonds is 0. The lowest BCUT2D eigenvalue weighted by Gasteiger charge is -2.24. The molecule has 0 radical (unpaired) electrons. The Hall–Kier alpha value is -1.64. The fourth-order valence-electron chi connectivity index (χ4n) is 2.11. The van der Waals surface area contributed by atoms with Crippen molar-refractivity contribution in [3.8, 4) is 0 Å². The molecule has 0 aromatic heterocycles. The highest BCUT2D eigenvalue weighted by Gasteiger charge is 2.27. The number of aliphatic hydroxyl groups is 2. The lowest BCUT2D eigenvalue weighted by atomic mass is 9.89. The van der Waals surface area contributed by atoms with Crippen molar-refractivity contribution in [3.63, 3.8) is 0 Å². The molecular weight excluding hydrogens is 188 g/mol. The lowest BCUT2D eigenvalue weighted by molar-refractivity contribution is -0.123. The van der Waals surface area contributed by atoms with Crippen LogP contribution in [0, 0.1) is 0 Å². The molecule has 0 atom stereocenters. The molecule has 0 saturated carbocycles. The quantitative estimate of drug-likeness (QED) is 0.636. The number of benzene rings is 2. The van der Waals surface area contributed by atoms with Crippen molar-refractivity contribution in [3.05, 3.63) is 53.6 Å². The zero-order chi connectivity index (χ0) is 10.5. The van der Waals surface area contributed by atoms with Gasteiger partial charge in [-0.3, -0.25) is 0 Å². The summed E-state index contributed by atoms with van der Waals surface area (Å²) in [6, 6.07) is 11.5. The van der Waals surface area contributed by atoms with Gasteiger partial charge in [-0.25, -0.2) is 0 Å². The summed E-state index contributed by atoms with van der Waals surface area (Å²) in [5.74, 6) is -1.84. The highest BCUT2D eigenvalue weighted by atomic mass is 16.5. The van der Waals surface area contributed by atoms with Crippen LogP contribution in [0.25, 0.3) is 16.8 Å². The Labute approximate surface area is 87.1 Å². The van der Waals surface area contributed by atoms with Crippen molar-refractivity contribution in [1.29, 1.82) is 0 Å². The van der Waals surface area contributed by atoms with Gasteiger partial charge in [0, 0.05) is 5.56 Å². The van der Waals surface area contributed by atoms with E-state index in [0.29, 0.717) is 5.56 Å². The first-order valence-electron chi connectivity index (χ1n) is 4.85. The molecule has 0 aliphatic heterocycles. The van der Waals surface area contributed by atoms with E-state index in [-0.39, 0.29) is 0 Å². The predicted octanol–water partition coefficient (Wildman–Crippen LogP) is 2.00. The topological polar surface area (TPSA) is 40.5 Å². The predicted molar refractivity (Wildman–Crippen MR) is 59.1 cm³/mol. The molecule has 0 bridgehead atoms. The maximum Gasteiger partial charge on any atom is 0.211 e. The molecule has 1 aliphatic carbocycles. The van der Waals surface area contributed by atoms with Crippen LogP contribution in [-0.4, -0.2) is 10.2 Å². The molecule has 0 unspecified atom stereocenters. The summed E-state index contributed by atoms with van der Waals surface area (Å²) in [6.07, 6.45) is 3.15. The molecule has 2 nitrogen and oxygen atoms in total. The van der Waals surface area contributed by atoms with E-state index in [1.807, 2.05) is 30.3 Å². The minimum atomic E-state index is -1.84. The van der Waals surface area contributed by atoms with Gasteiger partial charge < -0.3 is 10.2 Å². The van der Waals surface area contributed by atoms with E-state index >= 15 is 0 Å². The average molecular weight is 198 g/mol. The molecule has 0 amide bonds. The first-order chi connectivity index (χ1) is 7.18. The van der Waals surface area contributed by atoms with Gasteiger partial charge in [0.25, 0.3) is 0 Å². The molecule has 2 heteroatoms. The summed E-state index contributed by atoms with van der Waals surface area (Å²) in [7, 11) is 0. The van der Waals surface area contributed by atoms with Crippen molar-refractivity contribution in [1.82, 2.24) is 0 Å². The molecule has 2 N–H and O–H groups in total. The van der Waals surface area contributed by atoms with Crippen molar-refractivity contribution < 1.29 is 10.2 Å². The van der Waals surface area contributed by atoms with Crippen LogP contribution in [0.4, 0.5) is 0 Å².